The molecule has 4 N–H and O–H groups in total. The van der Waals surface area contributed by atoms with Crippen LogP contribution in [-0.4, -0.2) is 67.1 Å². The summed E-state index contributed by atoms with van der Waals surface area (Å²) in [5, 5.41) is 26.2. The molecule has 2 fully saturated rings. The number of carbonyl (C=O) groups is 1. The molecule has 1 amide bonds. The Labute approximate surface area is 171 Å². The third-order valence-corrected chi connectivity index (χ3v) is 5.31. The van der Waals surface area contributed by atoms with Crippen LogP contribution in [0.25, 0.3) is 0 Å². The number of benzene rings is 1. The molecule has 8 heteroatoms. The highest BCUT2D eigenvalue weighted by atomic mass is 16.7. The van der Waals surface area contributed by atoms with Crippen LogP contribution in [0.5, 0.6) is 5.75 Å². The third-order valence-electron chi connectivity index (χ3n) is 5.31. The molecule has 0 spiro atoms. The van der Waals surface area contributed by atoms with Gasteiger partial charge in [0.05, 0.1) is 31.3 Å². The van der Waals surface area contributed by atoms with Crippen molar-refractivity contribution in [3.8, 4) is 5.75 Å². The lowest BCUT2D eigenvalue weighted by atomic mass is 10.0. The summed E-state index contributed by atoms with van der Waals surface area (Å²) in [5.41, 5.74) is 0.893. The number of aromatic hydroxyl groups is 1. The van der Waals surface area contributed by atoms with Crippen molar-refractivity contribution < 1.29 is 29.2 Å². The highest BCUT2D eigenvalue weighted by Gasteiger charge is 2.44. The first-order chi connectivity index (χ1) is 13.9. The number of phenols is 1. The first kappa shape index (κ1) is 21.8. The van der Waals surface area contributed by atoms with Gasteiger partial charge in [-0.2, -0.15) is 0 Å². The van der Waals surface area contributed by atoms with E-state index in [1.165, 1.54) is 0 Å². The number of fused-ring (bicyclic) bond motifs is 1. The van der Waals surface area contributed by atoms with Crippen LogP contribution < -0.4 is 10.6 Å². The molecule has 1 aromatic carbocycles. The number of phenolic OH excluding ortho intramolecular Hbond substituents is 1. The second-order valence-electron chi connectivity index (χ2n) is 8.21. The maximum Gasteiger partial charge on any atom is 0.407 e. The Bertz CT molecular complexity index is 653. The van der Waals surface area contributed by atoms with Gasteiger partial charge in [0.2, 0.25) is 0 Å². The first-order valence-electron chi connectivity index (χ1n) is 10.3. The predicted molar refractivity (Wildman–Crippen MR) is 107 cm³/mol. The Morgan fingerprint density at radius 1 is 1.24 bits per heavy atom. The largest absolute Gasteiger partial charge is 0.508 e. The van der Waals surface area contributed by atoms with E-state index in [0.29, 0.717) is 32.1 Å². The van der Waals surface area contributed by atoms with E-state index in [9.17, 15) is 15.0 Å². The fraction of sp³-hybridized carbons (Fsp3) is 0.667. The van der Waals surface area contributed by atoms with Crippen molar-refractivity contribution >= 4 is 6.09 Å². The first-order valence-corrected chi connectivity index (χ1v) is 10.3. The molecule has 5 atom stereocenters. The van der Waals surface area contributed by atoms with E-state index < -0.39 is 18.2 Å². The number of rotatable bonds is 9. The molecule has 162 valence electrons. The Kier molecular flexibility index (Phi) is 7.71. The van der Waals surface area contributed by atoms with Gasteiger partial charge in [-0.1, -0.05) is 26.0 Å². The van der Waals surface area contributed by atoms with Crippen LogP contribution in [0.2, 0.25) is 0 Å². The van der Waals surface area contributed by atoms with Gasteiger partial charge in [0, 0.05) is 6.54 Å². The van der Waals surface area contributed by atoms with Gasteiger partial charge in [0.15, 0.2) is 6.29 Å². The van der Waals surface area contributed by atoms with Crippen LogP contribution >= 0.6 is 0 Å². The van der Waals surface area contributed by atoms with Gasteiger partial charge in [-0.25, -0.2) is 4.79 Å². The van der Waals surface area contributed by atoms with Crippen molar-refractivity contribution in [3.63, 3.8) is 0 Å². The molecule has 2 aliphatic heterocycles. The normalized spacial score (nSPS) is 25.6. The van der Waals surface area contributed by atoms with Crippen molar-refractivity contribution in [3.05, 3.63) is 29.8 Å². The number of alkyl carbamates (subject to hydrolysis) is 1. The Morgan fingerprint density at radius 2 is 2.00 bits per heavy atom. The summed E-state index contributed by atoms with van der Waals surface area (Å²) in [6.07, 6.45) is -0.771. The van der Waals surface area contributed by atoms with Crippen molar-refractivity contribution in [1.82, 2.24) is 10.6 Å². The van der Waals surface area contributed by atoms with Crippen LogP contribution in [0.1, 0.15) is 25.8 Å². The molecule has 29 heavy (non-hydrogen) atoms. The summed E-state index contributed by atoms with van der Waals surface area (Å²) in [7, 11) is 0. The fourth-order valence-corrected chi connectivity index (χ4v) is 3.70. The van der Waals surface area contributed by atoms with E-state index in [2.05, 4.69) is 24.5 Å². The van der Waals surface area contributed by atoms with Crippen LogP contribution in [0, 0.1) is 11.8 Å². The molecule has 2 saturated heterocycles. The number of amides is 1. The molecule has 1 aromatic rings. The summed E-state index contributed by atoms with van der Waals surface area (Å²) < 4.78 is 16.6. The molecule has 0 saturated carbocycles. The predicted octanol–water partition coefficient (Wildman–Crippen LogP) is 1.40. The fourth-order valence-electron chi connectivity index (χ4n) is 3.70. The quantitative estimate of drug-likeness (QED) is 0.489. The summed E-state index contributed by atoms with van der Waals surface area (Å²) in [5.74, 6) is 0.694. The van der Waals surface area contributed by atoms with Crippen LogP contribution in [0.4, 0.5) is 4.79 Å². The van der Waals surface area contributed by atoms with E-state index in [1.54, 1.807) is 24.3 Å². The number of ether oxygens (including phenoxy) is 3. The topological polar surface area (TPSA) is 109 Å². The number of nitrogens with one attached hydrogen (secondary N) is 2. The zero-order valence-corrected chi connectivity index (χ0v) is 17.0. The highest BCUT2D eigenvalue weighted by Crippen LogP contribution is 2.33. The molecule has 2 aliphatic rings. The van der Waals surface area contributed by atoms with E-state index in [0.717, 1.165) is 18.5 Å². The molecule has 1 unspecified atom stereocenters. The summed E-state index contributed by atoms with van der Waals surface area (Å²) in [6.45, 7) is 6.24. The van der Waals surface area contributed by atoms with Crippen LogP contribution in [-0.2, 0) is 20.6 Å². The van der Waals surface area contributed by atoms with Crippen molar-refractivity contribution in [1.29, 1.82) is 0 Å². The average Bonchev–Trinajstić information content (AvgIpc) is 3.28. The van der Waals surface area contributed by atoms with Gasteiger partial charge < -0.3 is 35.1 Å². The lowest BCUT2D eigenvalue weighted by Gasteiger charge is -2.26. The number of aliphatic hydroxyl groups is 1. The number of carbonyl (C=O) groups excluding carboxylic acids is 1. The van der Waals surface area contributed by atoms with Gasteiger partial charge in [0.1, 0.15) is 11.9 Å². The van der Waals surface area contributed by atoms with Gasteiger partial charge in [0.25, 0.3) is 0 Å². The maximum absolute atomic E-state index is 12.5. The summed E-state index contributed by atoms with van der Waals surface area (Å²) in [6, 6.07) is 6.18. The minimum absolute atomic E-state index is 0.0638. The lowest BCUT2D eigenvalue weighted by molar-refractivity contribution is -0.0907. The van der Waals surface area contributed by atoms with Gasteiger partial charge >= 0.3 is 6.09 Å². The number of hydrogen-bond donors (Lipinski definition) is 4. The van der Waals surface area contributed by atoms with Crippen LogP contribution in [0.15, 0.2) is 24.3 Å². The summed E-state index contributed by atoms with van der Waals surface area (Å²) in [4.78, 5) is 12.5. The minimum atomic E-state index is -0.794. The lowest BCUT2D eigenvalue weighted by Crippen LogP contribution is -2.50. The molecule has 0 radical (unpaired) electrons. The number of aliphatic hydroxyl groups excluding tert-OH is 1. The average molecular weight is 408 g/mol. The van der Waals surface area contributed by atoms with E-state index in [-0.39, 0.29) is 24.1 Å². The minimum Gasteiger partial charge on any atom is -0.508 e. The third kappa shape index (κ3) is 6.30. The van der Waals surface area contributed by atoms with Gasteiger partial charge in [-0.3, -0.25) is 0 Å². The van der Waals surface area contributed by atoms with E-state index in [1.807, 2.05) is 0 Å². The van der Waals surface area contributed by atoms with Gasteiger partial charge in [-0.05, 0) is 43.0 Å². The summed E-state index contributed by atoms with van der Waals surface area (Å²) >= 11 is 0. The highest BCUT2D eigenvalue weighted by molar-refractivity contribution is 5.68. The number of hydrogen-bond acceptors (Lipinski definition) is 7. The van der Waals surface area contributed by atoms with E-state index in [4.69, 9.17) is 14.2 Å². The van der Waals surface area contributed by atoms with Crippen molar-refractivity contribution in [2.75, 3.05) is 26.3 Å². The van der Waals surface area contributed by atoms with Crippen molar-refractivity contribution in [2.24, 2.45) is 11.8 Å². The zero-order valence-electron chi connectivity index (χ0n) is 17.0. The van der Waals surface area contributed by atoms with Crippen molar-refractivity contribution in [2.45, 2.75) is 51.2 Å². The molecular weight excluding hydrogens is 376 g/mol. The molecule has 0 bridgehead atoms. The molecular formula is C21H32N2O6. The molecule has 0 aromatic heterocycles. The SMILES string of the molecule is CC(C)CNCC(O)[C@H](Cc1ccc(O)cc1)NC(=O)O[C@H]1CO[C@H]2OCC[C@H]21. The maximum atomic E-state index is 12.5. The Balaban J connectivity index is 1.58. The molecule has 8 nitrogen and oxygen atoms in total. The molecule has 0 aliphatic carbocycles. The molecule has 2 heterocycles. The zero-order chi connectivity index (χ0) is 20.8. The second kappa shape index (κ2) is 10.2. The Hall–Kier alpha value is -1.87. The smallest absolute Gasteiger partial charge is 0.407 e. The van der Waals surface area contributed by atoms with E-state index >= 15 is 0 Å². The van der Waals surface area contributed by atoms with Gasteiger partial charge in [-0.15, -0.1) is 0 Å². The second-order valence-corrected chi connectivity index (χ2v) is 8.21. The standard InChI is InChI=1S/C21H32N2O6/c1-13(2)10-22-11-18(25)17(9-14-3-5-15(24)6-4-14)23-21(26)29-19-12-28-20-16(19)7-8-27-20/h3-6,13,16-20,22,24-25H,7-12H2,1-2H3,(H,23,26)/t16-,17-,18?,19-,20+/m0/s1. The van der Waals surface area contributed by atoms with Crippen LogP contribution in [0.3, 0.4) is 0 Å². The monoisotopic (exact) mass is 408 g/mol. The molecule has 3 rings (SSSR count). The Morgan fingerprint density at radius 3 is 2.72 bits per heavy atom.